The summed E-state index contributed by atoms with van der Waals surface area (Å²) in [7, 11) is 0. The lowest BCUT2D eigenvalue weighted by molar-refractivity contribution is 0.953. The number of aromatic nitrogens is 3. The molecule has 0 aliphatic heterocycles. The number of aromatic amines is 3. The standard InChI is InChI=1S/C27H21N3O/c1-16-17-8-2-7-13-24(17)30-27(31)25(16)26(20-14-28-22-11-5-3-9-18(20)22)21-15-29-23-12-6-4-10-19(21)23/h2-15,26,28-29H,1H3,(H,30,31). The Hall–Kier alpha value is -4.05. The Kier molecular flexibility index (Phi) is 3.87. The maximum absolute atomic E-state index is 13.5. The zero-order chi connectivity index (χ0) is 20.9. The summed E-state index contributed by atoms with van der Waals surface area (Å²) in [4.78, 5) is 23.4. The zero-order valence-electron chi connectivity index (χ0n) is 17.1. The van der Waals surface area contributed by atoms with E-state index in [0.29, 0.717) is 0 Å². The first-order chi connectivity index (χ1) is 15.2. The minimum Gasteiger partial charge on any atom is -0.361 e. The molecule has 3 N–H and O–H groups in total. The molecular formula is C27H21N3O. The Morgan fingerprint density at radius 3 is 1.71 bits per heavy atom. The van der Waals surface area contributed by atoms with E-state index in [-0.39, 0.29) is 11.5 Å². The smallest absolute Gasteiger partial charge is 0.252 e. The van der Waals surface area contributed by atoms with Crippen molar-refractivity contribution in [2.75, 3.05) is 0 Å². The topological polar surface area (TPSA) is 64.4 Å². The number of nitrogens with one attached hydrogen (secondary N) is 3. The van der Waals surface area contributed by atoms with Crippen LogP contribution < -0.4 is 5.56 Å². The summed E-state index contributed by atoms with van der Waals surface area (Å²) >= 11 is 0. The van der Waals surface area contributed by atoms with Crippen LogP contribution in [0.4, 0.5) is 0 Å². The van der Waals surface area contributed by atoms with E-state index in [1.54, 1.807) is 0 Å². The molecule has 3 heterocycles. The summed E-state index contributed by atoms with van der Waals surface area (Å²) in [6.07, 6.45) is 4.09. The summed E-state index contributed by atoms with van der Waals surface area (Å²) in [6.45, 7) is 2.06. The number of hydrogen-bond acceptors (Lipinski definition) is 1. The Morgan fingerprint density at radius 2 is 1.13 bits per heavy atom. The highest BCUT2D eigenvalue weighted by atomic mass is 16.1. The molecular weight excluding hydrogens is 382 g/mol. The van der Waals surface area contributed by atoms with Crippen molar-refractivity contribution in [3.8, 4) is 0 Å². The van der Waals surface area contributed by atoms with Crippen LogP contribution in [0.25, 0.3) is 32.7 Å². The molecule has 0 aliphatic rings. The van der Waals surface area contributed by atoms with Crippen LogP contribution in [0.15, 0.2) is 90.0 Å². The van der Waals surface area contributed by atoms with E-state index in [9.17, 15) is 4.79 Å². The van der Waals surface area contributed by atoms with Crippen LogP contribution in [0.5, 0.6) is 0 Å². The van der Waals surface area contributed by atoms with Gasteiger partial charge in [-0.3, -0.25) is 4.79 Å². The Morgan fingerprint density at radius 1 is 0.645 bits per heavy atom. The second-order valence-electron chi connectivity index (χ2n) is 8.05. The van der Waals surface area contributed by atoms with Gasteiger partial charge in [-0.2, -0.15) is 0 Å². The molecule has 0 bridgehead atoms. The van der Waals surface area contributed by atoms with Gasteiger partial charge >= 0.3 is 0 Å². The van der Waals surface area contributed by atoms with Crippen LogP contribution in [0.1, 0.15) is 28.2 Å². The minimum atomic E-state index is -0.208. The highest BCUT2D eigenvalue weighted by Gasteiger charge is 2.27. The van der Waals surface area contributed by atoms with Gasteiger partial charge < -0.3 is 15.0 Å². The van der Waals surface area contributed by atoms with Crippen LogP contribution >= 0.6 is 0 Å². The number of fused-ring (bicyclic) bond motifs is 3. The van der Waals surface area contributed by atoms with Gasteiger partial charge in [0.05, 0.1) is 0 Å². The minimum absolute atomic E-state index is 0.0447. The summed E-state index contributed by atoms with van der Waals surface area (Å²) in [5.41, 5.74) is 6.96. The molecule has 4 heteroatoms. The van der Waals surface area contributed by atoms with Crippen LogP contribution in [0, 0.1) is 6.92 Å². The molecule has 0 saturated heterocycles. The van der Waals surface area contributed by atoms with Gasteiger partial charge in [-0.1, -0.05) is 54.6 Å². The Bertz CT molecular complexity index is 1560. The molecule has 3 aromatic heterocycles. The van der Waals surface area contributed by atoms with Crippen LogP contribution in [0.2, 0.25) is 0 Å². The Labute approximate surface area is 178 Å². The molecule has 6 rings (SSSR count). The fraction of sp³-hybridized carbons (Fsp3) is 0.0741. The molecule has 31 heavy (non-hydrogen) atoms. The van der Waals surface area contributed by atoms with Gasteiger partial charge in [0.25, 0.3) is 5.56 Å². The van der Waals surface area contributed by atoms with Gasteiger partial charge in [0.15, 0.2) is 0 Å². The summed E-state index contributed by atoms with van der Waals surface area (Å²) < 4.78 is 0. The van der Waals surface area contributed by atoms with Crippen LogP contribution in [0.3, 0.4) is 0 Å². The van der Waals surface area contributed by atoms with Gasteiger partial charge in [0.2, 0.25) is 0 Å². The van der Waals surface area contributed by atoms with Crippen molar-refractivity contribution in [3.63, 3.8) is 0 Å². The molecule has 150 valence electrons. The molecule has 0 unspecified atom stereocenters. The van der Waals surface area contributed by atoms with Gasteiger partial charge in [-0.25, -0.2) is 0 Å². The van der Waals surface area contributed by atoms with Gasteiger partial charge in [0.1, 0.15) is 0 Å². The van der Waals surface area contributed by atoms with Gasteiger partial charge in [-0.05, 0) is 41.8 Å². The number of benzene rings is 3. The molecule has 0 radical (unpaired) electrons. The molecule has 3 aromatic carbocycles. The third-order valence-corrected chi connectivity index (χ3v) is 6.38. The maximum atomic E-state index is 13.5. The highest BCUT2D eigenvalue weighted by Crippen LogP contribution is 2.40. The molecule has 0 atom stereocenters. The molecule has 0 fully saturated rings. The van der Waals surface area contributed by atoms with E-state index in [1.165, 1.54) is 0 Å². The van der Waals surface area contributed by atoms with E-state index in [2.05, 4.69) is 52.2 Å². The van der Waals surface area contributed by atoms with Crippen molar-refractivity contribution in [3.05, 3.63) is 118 Å². The first kappa shape index (κ1) is 17.8. The lowest BCUT2D eigenvalue weighted by atomic mass is 9.82. The second-order valence-corrected chi connectivity index (χ2v) is 8.05. The van der Waals surface area contributed by atoms with Crippen molar-refractivity contribution in [2.45, 2.75) is 12.8 Å². The van der Waals surface area contributed by atoms with Crippen molar-refractivity contribution >= 4 is 32.7 Å². The molecule has 0 spiro atoms. The average molecular weight is 403 g/mol. The van der Waals surface area contributed by atoms with E-state index < -0.39 is 0 Å². The lowest BCUT2D eigenvalue weighted by Crippen LogP contribution is -2.20. The predicted octanol–water partition coefficient (Wildman–Crippen LogP) is 5.98. The number of H-pyrrole nitrogens is 3. The monoisotopic (exact) mass is 403 g/mol. The van der Waals surface area contributed by atoms with Crippen molar-refractivity contribution in [2.24, 2.45) is 0 Å². The van der Waals surface area contributed by atoms with Gasteiger partial charge in [-0.15, -0.1) is 0 Å². The average Bonchev–Trinajstić information content (AvgIpc) is 3.41. The molecule has 0 amide bonds. The fourth-order valence-corrected chi connectivity index (χ4v) is 4.92. The number of rotatable bonds is 3. The molecule has 0 aliphatic carbocycles. The number of hydrogen-bond donors (Lipinski definition) is 3. The van der Waals surface area contributed by atoms with E-state index in [1.807, 2.05) is 54.9 Å². The van der Waals surface area contributed by atoms with E-state index in [4.69, 9.17) is 0 Å². The SMILES string of the molecule is Cc1c(C(c2c[nH]c3ccccc23)c2c[nH]c3ccccc23)c(=O)[nH]c2ccccc12. The number of pyridine rings is 1. The zero-order valence-corrected chi connectivity index (χ0v) is 17.1. The van der Waals surface area contributed by atoms with Crippen LogP contribution in [-0.4, -0.2) is 15.0 Å². The molecule has 0 saturated carbocycles. The third kappa shape index (κ3) is 2.65. The largest absolute Gasteiger partial charge is 0.361 e. The number of para-hydroxylation sites is 3. The van der Waals surface area contributed by atoms with Crippen molar-refractivity contribution in [1.82, 2.24) is 15.0 Å². The van der Waals surface area contributed by atoms with E-state index in [0.717, 1.165) is 55.0 Å². The van der Waals surface area contributed by atoms with Gasteiger partial charge in [0, 0.05) is 56.6 Å². The number of aryl methyl sites for hydroxylation is 1. The van der Waals surface area contributed by atoms with E-state index >= 15 is 0 Å². The summed E-state index contributed by atoms with van der Waals surface area (Å²) in [5, 5.41) is 3.33. The second kappa shape index (κ2) is 6.74. The third-order valence-electron chi connectivity index (χ3n) is 6.38. The first-order valence-corrected chi connectivity index (χ1v) is 10.5. The summed E-state index contributed by atoms with van der Waals surface area (Å²) in [5.74, 6) is -0.208. The van der Waals surface area contributed by atoms with Crippen molar-refractivity contribution in [1.29, 1.82) is 0 Å². The lowest BCUT2D eigenvalue weighted by Gasteiger charge is -2.20. The normalized spacial score (nSPS) is 11.8. The first-order valence-electron chi connectivity index (χ1n) is 10.5. The molecule has 6 aromatic rings. The highest BCUT2D eigenvalue weighted by molar-refractivity contribution is 5.90. The Balaban J connectivity index is 1.74. The predicted molar refractivity (Wildman–Crippen MR) is 127 cm³/mol. The maximum Gasteiger partial charge on any atom is 0.252 e. The quantitative estimate of drug-likeness (QED) is 0.334. The van der Waals surface area contributed by atoms with Crippen LogP contribution in [-0.2, 0) is 0 Å². The molecule has 4 nitrogen and oxygen atoms in total. The van der Waals surface area contributed by atoms with Crippen molar-refractivity contribution < 1.29 is 0 Å². The summed E-state index contributed by atoms with van der Waals surface area (Å²) in [6, 6.07) is 24.5. The fourth-order valence-electron chi connectivity index (χ4n) is 4.92.